The quantitative estimate of drug-likeness (QED) is 0.529. The molecule has 1 rings (SSSR count). The third-order valence-corrected chi connectivity index (χ3v) is 1.73. The second-order valence-corrected chi connectivity index (χ2v) is 2.71. The van der Waals surface area contributed by atoms with Gasteiger partial charge >= 0.3 is 0 Å². The van der Waals surface area contributed by atoms with Crippen LogP contribution < -0.4 is 5.73 Å². The lowest BCUT2D eigenvalue weighted by molar-refractivity contribution is 0.317. The summed E-state index contributed by atoms with van der Waals surface area (Å²) in [7, 11) is 1.77. The maximum absolute atomic E-state index is 7.42. The van der Waals surface area contributed by atoms with Gasteiger partial charge < -0.3 is 10.5 Å². The van der Waals surface area contributed by atoms with Gasteiger partial charge in [0.1, 0.15) is 5.82 Å². The zero-order valence-corrected chi connectivity index (χ0v) is 7.87. The van der Waals surface area contributed by atoms with Gasteiger partial charge in [-0.05, 0) is 6.92 Å². The Balaban J connectivity index is 2.64. The maximum Gasteiger partial charge on any atom is 0.185 e. The van der Waals surface area contributed by atoms with Crippen molar-refractivity contribution in [3.05, 3.63) is 11.8 Å². The van der Waals surface area contributed by atoms with Gasteiger partial charge in [-0.3, -0.25) is 10.1 Å². The van der Waals surface area contributed by atoms with Crippen LogP contribution in [0.3, 0.4) is 0 Å². The van der Waals surface area contributed by atoms with Crippen molar-refractivity contribution in [2.45, 2.75) is 13.3 Å². The van der Waals surface area contributed by atoms with Crippen LogP contribution in [0.1, 0.15) is 12.5 Å². The first-order valence-corrected chi connectivity index (χ1v) is 4.11. The van der Waals surface area contributed by atoms with Crippen LogP contribution in [-0.2, 0) is 18.2 Å². The van der Waals surface area contributed by atoms with Gasteiger partial charge in [-0.2, -0.15) is 5.10 Å². The lowest BCUT2D eigenvalue weighted by atomic mass is 10.2. The largest absolute Gasteiger partial charge is 0.481 e. The van der Waals surface area contributed by atoms with E-state index in [1.807, 2.05) is 6.92 Å². The first kappa shape index (κ1) is 9.57. The molecule has 5 nitrogen and oxygen atoms in total. The maximum atomic E-state index is 7.42. The minimum Gasteiger partial charge on any atom is -0.481 e. The van der Waals surface area contributed by atoms with Crippen molar-refractivity contribution in [1.82, 2.24) is 9.78 Å². The smallest absolute Gasteiger partial charge is 0.185 e. The van der Waals surface area contributed by atoms with Gasteiger partial charge in [-0.1, -0.05) is 0 Å². The molecule has 3 N–H and O–H groups in total. The fourth-order valence-electron chi connectivity index (χ4n) is 1.03. The average Bonchev–Trinajstić information content (AvgIpc) is 2.37. The number of anilines is 1. The topological polar surface area (TPSA) is 76.9 Å². The van der Waals surface area contributed by atoms with E-state index in [1.165, 1.54) is 0 Å². The molecule has 5 heteroatoms. The summed E-state index contributed by atoms with van der Waals surface area (Å²) in [5, 5.41) is 11.4. The average molecular weight is 182 g/mol. The molecule has 0 amide bonds. The van der Waals surface area contributed by atoms with Gasteiger partial charge in [-0.25, -0.2) is 0 Å². The third kappa shape index (κ3) is 2.21. The third-order valence-electron chi connectivity index (χ3n) is 1.73. The summed E-state index contributed by atoms with van der Waals surface area (Å²) < 4.78 is 6.58. The molecular formula is C8H14N4O. The highest BCUT2D eigenvalue weighted by Gasteiger charge is 2.07. The van der Waals surface area contributed by atoms with Gasteiger partial charge in [0.2, 0.25) is 0 Å². The summed E-state index contributed by atoms with van der Waals surface area (Å²) in [4.78, 5) is 0. The normalized spacial score (nSPS) is 10.0. The van der Waals surface area contributed by atoms with Crippen molar-refractivity contribution in [3.8, 4) is 0 Å². The lowest BCUT2D eigenvalue weighted by Gasteiger charge is -2.03. The van der Waals surface area contributed by atoms with Crippen molar-refractivity contribution in [2.24, 2.45) is 7.05 Å². The summed E-state index contributed by atoms with van der Waals surface area (Å²) in [6.07, 6.45) is 2.07. The Morgan fingerprint density at radius 3 is 2.92 bits per heavy atom. The van der Waals surface area contributed by atoms with Crippen molar-refractivity contribution in [3.63, 3.8) is 0 Å². The highest BCUT2D eigenvalue weighted by atomic mass is 16.5. The summed E-state index contributed by atoms with van der Waals surface area (Å²) in [5.74, 6) is 0.812. The van der Waals surface area contributed by atoms with E-state index in [0.717, 1.165) is 5.56 Å². The zero-order valence-electron chi connectivity index (χ0n) is 7.87. The Kier molecular flexibility index (Phi) is 2.89. The monoisotopic (exact) mass is 182 g/mol. The number of aromatic nitrogens is 2. The molecule has 72 valence electrons. The number of nitrogen functional groups attached to an aromatic ring is 1. The van der Waals surface area contributed by atoms with E-state index in [9.17, 15) is 0 Å². The molecule has 0 bridgehead atoms. The van der Waals surface area contributed by atoms with E-state index in [0.29, 0.717) is 18.8 Å². The number of hydrogen-bond donors (Lipinski definition) is 2. The Bertz CT molecular complexity index is 305. The van der Waals surface area contributed by atoms with Crippen LogP contribution >= 0.6 is 0 Å². The Hall–Kier alpha value is -1.52. The highest BCUT2D eigenvalue weighted by molar-refractivity contribution is 5.76. The van der Waals surface area contributed by atoms with Crippen molar-refractivity contribution in [1.29, 1.82) is 5.41 Å². The number of hydrogen-bond acceptors (Lipinski definition) is 4. The second-order valence-electron chi connectivity index (χ2n) is 2.71. The summed E-state index contributed by atoms with van der Waals surface area (Å²) in [5.41, 5.74) is 6.53. The molecule has 1 aromatic rings. The summed E-state index contributed by atoms with van der Waals surface area (Å²) >= 11 is 0. The summed E-state index contributed by atoms with van der Waals surface area (Å²) in [6.45, 7) is 2.36. The van der Waals surface area contributed by atoms with E-state index in [-0.39, 0.29) is 5.90 Å². The number of ether oxygens (including phenoxy) is 1. The molecule has 0 saturated carbocycles. The van der Waals surface area contributed by atoms with Crippen LogP contribution in [0.15, 0.2) is 6.20 Å². The number of nitrogens with two attached hydrogens (primary N) is 1. The molecule has 0 aromatic carbocycles. The Morgan fingerprint density at radius 1 is 1.77 bits per heavy atom. The molecule has 0 radical (unpaired) electrons. The predicted molar refractivity (Wildman–Crippen MR) is 50.7 cm³/mol. The fraction of sp³-hybridized carbons (Fsp3) is 0.500. The molecule has 0 spiro atoms. The number of nitrogens with zero attached hydrogens (tertiary/aromatic N) is 2. The highest BCUT2D eigenvalue weighted by Crippen LogP contribution is 2.10. The number of rotatable bonds is 3. The van der Waals surface area contributed by atoms with Crippen LogP contribution in [0.25, 0.3) is 0 Å². The SMILES string of the molecule is CCOC(=N)Cc1cnn(C)c1N. The number of aryl methyl sites for hydroxylation is 1. The molecule has 0 fully saturated rings. The predicted octanol–water partition coefficient (Wildman–Crippen LogP) is 0.559. The first-order chi connectivity index (χ1) is 6.15. The van der Waals surface area contributed by atoms with Crippen molar-refractivity contribution < 1.29 is 4.74 Å². The van der Waals surface area contributed by atoms with Crippen LogP contribution in [0.5, 0.6) is 0 Å². The van der Waals surface area contributed by atoms with E-state index in [1.54, 1.807) is 17.9 Å². The number of nitrogens with one attached hydrogen (secondary N) is 1. The molecule has 0 unspecified atom stereocenters. The molecule has 0 aliphatic heterocycles. The van der Waals surface area contributed by atoms with Gasteiger partial charge in [0, 0.05) is 12.6 Å². The van der Waals surface area contributed by atoms with Crippen LogP contribution in [0, 0.1) is 5.41 Å². The standard InChI is InChI=1S/C8H14N4O/c1-3-13-7(9)4-6-5-11-12(2)8(6)10/h5,9H,3-4,10H2,1-2H3. The van der Waals surface area contributed by atoms with Crippen LogP contribution in [0.2, 0.25) is 0 Å². The Morgan fingerprint density at radius 2 is 2.46 bits per heavy atom. The Labute approximate surface area is 77.0 Å². The first-order valence-electron chi connectivity index (χ1n) is 4.11. The van der Waals surface area contributed by atoms with Gasteiger partial charge in [0.15, 0.2) is 5.90 Å². The molecular weight excluding hydrogens is 168 g/mol. The lowest BCUT2D eigenvalue weighted by Crippen LogP contribution is -2.08. The van der Waals surface area contributed by atoms with Gasteiger partial charge in [0.05, 0.1) is 19.2 Å². The molecule has 0 atom stereocenters. The van der Waals surface area contributed by atoms with Crippen molar-refractivity contribution in [2.75, 3.05) is 12.3 Å². The minimum absolute atomic E-state index is 0.224. The fourth-order valence-corrected chi connectivity index (χ4v) is 1.03. The van der Waals surface area contributed by atoms with Crippen molar-refractivity contribution >= 4 is 11.7 Å². The van der Waals surface area contributed by atoms with E-state index in [2.05, 4.69) is 5.10 Å². The van der Waals surface area contributed by atoms with E-state index >= 15 is 0 Å². The van der Waals surface area contributed by atoms with Gasteiger partial charge in [0.25, 0.3) is 0 Å². The summed E-state index contributed by atoms with van der Waals surface area (Å²) in [6, 6.07) is 0. The van der Waals surface area contributed by atoms with Gasteiger partial charge in [-0.15, -0.1) is 0 Å². The molecule has 1 aromatic heterocycles. The zero-order chi connectivity index (χ0) is 9.84. The molecule has 0 aliphatic carbocycles. The van der Waals surface area contributed by atoms with Crippen LogP contribution in [0.4, 0.5) is 5.82 Å². The molecule has 0 aliphatic rings. The van der Waals surface area contributed by atoms with Crippen LogP contribution in [-0.4, -0.2) is 22.3 Å². The second kappa shape index (κ2) is 3.93. The van der Waals surface area contributed by atoms with E-state index in [4.69, 9.17) is 15.9 Å². The minimum atomic E-state index is 0.224. The van der Waals surface area contributed by atoms with E-state index < -0.39 is 0 Å². The molecule has 13 heavy (non-hydrogen) atoms. The molecule has 1 heterocycles. The molecule has 0 saturated heterocycles.